The number of hydrogen-bond acceptors (Lipinski definition) is 6. The molecule has 178 valence electrons. The second kappa shape index (κ2) is 8.54. The molecule has 34 heavy (non-hydrogen) atoms. The highest BCUT2D eigenvalue weighted by atomic mass is 19.4. The number of rotatable bonds is 3. The van der Waals surface area contributed by atoms with Crippen molar-refractivity contribution in [3.63, 3.8) is 0 Å². The smallest absolute Gasteiger partial charge is 0.363 e. The molecule has 4 heterocycles. The standard InChI is InChI=1S/C25H27F3N6/c1-15-18(5-4-6-20(15)25(26,27)28)16(2)31-23-19-13-21(17-7-10-33(3)11-8-17)30-14-22(19)34-12-9-29-24(34)32-23/h4-7,13-14,16H,8-12H2,1-3H3,(H,29,31,32)/t16-/m1/s1. The average molecular weight is 469 g/mol. The van der Waals surface area contributed by atoms with Crippen LogP contribution in [0.1, 0.15) is 47.3 Å². The van der Waals surface area contributed by atoms with Gasteiger partial charge in [0.25, 0.3) is 0 Å². The fraction of sp³-hybridized carbons (Fsp3) is 0.400. The van der Waals surface area contributed by atoms with Crippen LogP contribution in [0.4, 0.5) is 18.9 Å². The van der Waals surface area contributed by atoms with Gasteiger partial charge in [0.2, 0.25) is 5.96 Å². The van der Waals surface area contributed by atoms with Crippen molar-refractivity contribution in [3.05, 3.63) is 64.5 Å². The lowest BCUT2D eigenvalue weighted by Gasteiger charge is -2.30. The lowest BCUT2D eigenvalue weighted by Crippen LogP contribution is -2.38. The van der Waals surface area contributed by atoms with E-state index in [2.05, 4.69) is 28.3 Å². The Balaban J connectivity index is 1.51. The van der Waals surface area contributed by atoms with Crippen molar-refractivity contribution in [2.24, 2.45) is 9.98 Å². The van der Waals surface area contributed by atoms with Crippen LogP contribution in [0.25, 0.3) is 5.57 Å². The SMILES string of the molecule is Cc1c([C@@H](C)NC2=NC3=NCCN3c3cnc(C4=CCN(C)CC4)cc32)cccc1C(F)(F)F. The molecule has 0 unspecified atom stereocenters. The van der Waals surface area contributed by atoms with Crippen LogP contribution in [0.3, 0.4) is 0 Å². The third-order valence-corrected chi connectivity index (χ3v) is 6.70. The number of anilines is 1. The van der Waals surface area contributed by atoms with Crippen LogP contribution < -0.4 is 10.2 Å². The summed E-state index contributed by atoms with van der Waals surface area (Å²) in [5.74, 6) is 1.21. The summed E-state index contributed by atoms with van der Waals surface area (Å²) in [7, 11) is 2.09. The highest BCUT2D eigenvalue weighted by Gasteiger charge is 2.34. The monoisotopic (exact) mass is 468 g/mol. The molecule has 1 atom stereocenters. The summed E-state index contributed by atoms with van der Waals surface area (Å²) in [5.41, 5.74) is 4.10. The first-order valence-electron chi connectivity index (χ1n) is 11.4. The number of aliphatic imine (C=N–C) groups is 2. The van der Waals surface area contributed by atoms with Gasteiger partial charge in [-0.3, -0.25) is 4.98 Å². The number of halogens is 3. The zero-order valence-electron chi connectivity index (χ0n) is 19.4. The third-order valence-electron chi connectivity index (χ3n) is 6.70. The molecule has 0 radical (unpaired) electrons. The van der Waals surface area contributed by atoms with E-state index in [4.69, 9.17) is 9.98 Å². The normalized spacial score (nSPS) is 19.1. The number of likely N-dealkylation sites (N-methyl/N-ethyl adjacent to an activating group) is 1. The second-order valence-corrected chi connectivity index (χ2v) is 9.01. The molecule has 9 heteroatoms. The summed E-state index contributed by atoms with van der Waals surface area (Å²) >= 11 is 0. The first-order chi connectivity index (χ1) is 16.2. The van der Waals surface area contributed by atoms with Crippen LogP contribution >= 0.6 is 0 Å². The van der Waals surface area contributed by atoms with Gasteiger partial charge < -0.3 is 15.1 Å². The van der Waals surface area contributed by atoms with E-state index in [1.54, 1.807) is 6.07 Å². The molecule has 2 aromatic rings. The highest BCUT2D eigenvalue weighted by Crippen LogP contribution is 2.35. The topological polar surface area (TPSA) is 56.1 Å². The van der Waals surface area contributed by atoms with Crippen molar-refractivity contribution in [1.29, 1.82) is 0 Å². The molecular weight excluding hydrogens is 441 g/mol. The van der Waals surface area contributed by atoms with Crippen molar-refractivity contribution in [2.45, 2.75) is 32.5 Å². The molecule has 5 rings (SSSR count). The Labute approximate surface area is 196 Å². The van der Waals surface area contributed by atoms with Gasteiger partial charge in [-0.15, -0.1) is 0 Å². The van der Waals surface area contributed by atoms with Gasteiger partial charge in [0.1, 0.15) is 5.84 Å². The van der Waals surface area contributed by atoms with Gasteiger partial charge in [-0.1, -0.05) is 18.2 Å². The highest BCUT2D eigenvalue weighted by molar-refractivity contribution is 6.18. The maximum absolute atomic E-state index is 13.5. The van der Waals surface area contributed by atoms with Gasteiger partial charge in [0.05, 0.1) is 35.7 Å². The van der Waals surface area contributed by atoms with E-state index in [1.165, 1.54) is 18.6 Å². The maximum Gasteiger partial charge on any atom is 0.416 e. The lowest BCUT2D eigenvalue weighted by molar-refractivity contribution is -0.138. The minimum Gasteiger partial charge on any atom is -0.363 e. The number of nitrogens with zero attached hydrogens (tertiary/aromatic N) is 5. The number of nitrogens with one attached hydrogen (secondary N) is 1. The first kappa shape index (κ1) is 22.6. The number of pyridine rings is 1. The van der Waals surface area contributed by atoms with Gasteiger partial charge in [-0.25, -0.2) is 4.99 Å². The van der Waals surface area contributed by atoms with E-state index in [-0.39, 0.29) is 11.6 Å². The third kappa shape index (κ3) is 4.09. The van der Waals surface area contributed by atoms with E-state index in [1.807, 2.05) is 24.1 Å². The number of hydrogen-bond donors (Lipinski definition) is 1. The predicted molar refractivity (Wildman–Crippen MR) is 128 cm³/mol. The molecule has 0 spiro atoms. The molecule has 0 fully saturated rings. The van der Waals surface area contributed by atoms with Crippen LogP contribution in [0.2, 0.25) is 0 Å². The fourth-order valence-electron chi connectivity index (χ4n) is 4.77. The molecule has 0 amide bonds. The molecule has 0 bridgehead atoms. The molecule has 1 aromatic carbocycles. The first-order valence-corrected chi connectivity index (χ1v) is 11.4. The van der Waals surface area contributed by atoms with E-state index in [9.17, 15) is 13.2 Å². The summed E-state index contributed by atoms with van der Waals surface area (Å²) in [6.07, 6.45) is 0.582. The van der Waals surface area contributed by atoms with Gasteiger partial charge in [0, 0.05) is 25.2 Å². The Morgan fingerprint density at radius 3 is 2.74 bits per heavy atom. The van der Waals surface area contributed by atoms with E-state index in [0.29, 0.717) is 23.9 Å². The van der Waals surface area contributed by atoms with Crippen molar-refractivity contribution >= 4 is 23.1 Å². The van der Waals surface area contributed by atoms with Gasteiger partial charge in [0.15, 0.2) is 0 Å². The maximum atomic E-state index is 13.5. The molecule has 1 N–H and O–H groups in total. The zero-order chi connectivity index (χ0) is 24.0. The predicted octanol–water partition coefficient (Wildman–Crippen LogP) is 4.41. The van der Waals surface area contributed by atoms with Crippen LogP contribution in [0, 0.1) is 6.92 Å². The second-order valence-electron chi connectivity index (χ2n) is 9.01. The summed E-state index contributed by atoms with van der Waals surface area (Å²) in [6.45, 7) is 6.60. The van der Waals surface area contributed by atoms with Crippen LogP contribution in [0.5, 0.6) is 0 Å². The number of aromatic nitrogens is 1. The summed E-state index contributed by atoms with van der Waals surface area (Å²) in [6, 6.07) is 5.96. The van der Waals surface area contributed by atoms with Crippen LogP contribution in [0.15, 0.2) is 46.5 Å². The van der Waals surface area contributed by atoms with Crippen LogP contribution in [-0.2, 0) is 6.18 Å². The van der Waals surface area contributed by atoms with Gasteiger partial charge in [-0.2, -0.15) is 18.2 Å². The van der Waals surface area contributed by atoms with Crippen molar-refractivity contribution < 1.29 is 13.2 Å². The molecule has 0 saturated heterocycles. The Morgan fingerprint density at radius 2 is 2.00 bits per heavy atom. The van der Waals surface area contributed by atoms with E-state index < -0.39 is 11.7 Å². The molecule has 1 aromatic heterocycles. The summed E-state index contributed by atoms with van der Waals surface area (Å²) < 4.78 is 40.4. The molecule has 3 aliphatic heterocycles. The van der Waals surface area contributed by atoms with Gasteiger partial charge in [-0.05, 0) is 56.1 Å². The largest absolute Gasteiger partial charge is 0.416 e. The molecule has 6 nitrogen and oxygen atoms in total. The minimum atomic E-state index is -4.39. The molecule has 0 aliphatic carbocycles. The fourth-order valence-corrected chi connectivity index (χ4v) is 4.77. The van der Waals surface area contributed by atoms with Gasteiger partial charge >= 0.3 is 6.18 Å². The number of alkyl halides is 3. The Morgan fingerprint density at radius 1 is 1.18 bits per heavy atom. The number of benzene rings is 1. The quantitative estimate of drug-likeness (QED) is 0.725. The minimum absolute atomic E-state index is 0.221. The summed E-state index contributed by atoms with van der Waals surface area (Å²) in [5, 5.41) is 3.38. The molecule has 0 saturated carbocycles. The average Bonchev–Trinajstić information content (AvgIpc) is 3.27. The lowest BCUT2D eigenvalue weighted by atomic mass is 9.96. The Kier molecular flexibility index (Phi) is 5.67. The number of amidine groups is 1. The number of guanidine groups is 1. The van der Waals surface area contributed by atoms with Crippen molar-refractivity contribution in [3.8, 4) is 0 Å². The Bertz CT molecular complexity index is 1210. The van der Waals surface area contributed by atoms with E-state index >= 15 is 0 Å². The van der Waals surface area contributed by atoms with Crippen LogP contribution in [-0.4, -0.2) is 54.9 Å². The zero-order valence-corrected chi connectivity index (χ0v) is 19.4. The summed E-state index contributed by atoms with van der Waals surface area (Å²) in [4.78, 5) is 18.3. The molecule has 3 aliphatic rings. The molecular formula is C25H27F3N6. The number of fused-ring (bicyclic) bond motifs is 3. The van der Waals surface area contributed by atoms with Crippen molar-refractivity contribution in [2.75, 3.05) is 38.1 Å². The van der Waals surface area contributed by atoms with E-state index in [0.717, 1.165) is 49.1 Å². The Hall–Kier alpha value is -3.20. The van der Waals surface area contributed by atoms with Crippen molar-refractivity contribution in [1.82, 2.24) is 15.2 Å².